The van der Waals surface area contributed by atoms with E-state index < -0.39 is 17.8 Å². The van der Waals surface area contributed by atoms with Gasteiger partial charge in [-0.2, -0.15) is 0 Å². The summed E-state index contributed by atoms with van der Waals surface area (Å²) in [7, 11) is 1.45. The number of ether oxygens (including phenoxy) is 3. The quantitative estimate of drug-likeness (QED) is 0.322. The number of benzene rings is 2. The number of morpholine rings is 1. The number of ketones is 1. The number of nitrogens with one attached hydrogen (secondary N) is 2. The van der Waals surface area contributed by atoms with Crippen molar-refractivity contribution in [1.29, 1.82) is 0 Å². The van der Waals surface area contributed by atoms with Gasteiger partial charge in [-0.3, -0.25) is 14.5 Å². The second-order valence-corrected chi connectivity index (χ2v) is 11.0. The first-order valence-electron chi connectivity index (χ1n) is 12.5. The first-order chi connectivity index (χ1) is 18.2. The highest BCUT2D eigenvalue weighted by Crippen LogP contribution is 2.41. The highest BCUT2D eigenvalue weighted by atomic mass is 32.1. The predicted molar refractivity (Wildman–Crippen MR) is 148 cm³/mol. The fourth-order valence-electron chi connectivity index (χ4n) is 4.05. The summed E-state index contributed by atoms with van der Waals surface area (Å²) in [4.78, 5) is 41.4. The van der Waals surface area contributed by atoms with Crippen LogP contribution in [0.5, 0.6) is 10.8 Å². The summed E-state index contributed by atoms with van der Waals surface area (Å²) in [5, 5.41) is 6.63. The Labute approximate surface area is 226 Å². The Morgan fingerprint density at radius 3 is 2.45 bits per heavy atom. The summed E-state index contributed by atoms with van der Waals surface area (Å²) in [6.45, 7) is 10.5. The number of carbonyl (C=O) groups excluding carboxylic acids is 3. The summed E-state index contributed by atoms with van der Waals surface area (Å²) >= 11 is 1.25. The molecule has 202 valence electrons. The van der Waals surface area contributed by atoms with Crippen molar-refractivity contribution in [3.05, 3.63) is 52.9 Å². The van der Waals surface area contributed by atoms with E-state index in [9.17, 15) is 14.4 Å². The Morgan fingerprint density at radius 2 is 1.76 bits per heavy atom. The molecule has 38 heavy (non-hydrogen) atoms. The molecule has 2 N–H and O–H groups in total. The van der Waals surface area contributed by atoms with Gasteiger partial charge in [0, 0.05) is 42.5 Å². The molecule has 0 spiro atoms. The van der Waals surface area contributed by atoms with Gasteiger partial charge in [-0.25, -0.2) is 4.79 Å². The molecule has 1 fully saturated rings. The lowest BCUT2D eigenvalue weighted by atomic mass is 9.95. The molecule has 2 aromatic carbocycles. The van der Waals surface area contributed by atoms with Gasteiger partial charge in [-0.15, -0.1) is 11.3 Å². The lowest BCUT2D eigenvalue weighted by Crippen LogP contribution is -2.38. The molecule has 0 unspecified atom stereocenters. The number of rotatable bonds is 8. The van der Waals surface area contributed by atoms with Crippen molar-refractivity contribution in [3.63, 3.8) is 0 Å². The molecule has 10 heteroatoms. The summed E-state index contributed by atoms with van der Waals surface area (Å²) in [6.07, 6.45) is -0.663. The maximum absolute atomic E-state index is 13.3. The van der Waals surface area contributed by atoms with Crippen molar-refractivity contribution >= 4 is 45.6 Å². The maximum Gasteiger partial charge on any atom is 0.413 e. The summed E-state index contributed by atoms with van der Waals surface area (Å²) in [6, 6.07) is 12.4. The molecule has 0 bridgehead atoms. The van der Waals surface area contributed by atoms with Crippen molar-refractivity contribution in [2.75, 3.05) is 51.8 Å². The minimum Gasteiger partial charge on any atom is -0.492 e. The molecule has 3 aromatic rings. The van der Waals surface area contributed by atoms with Crippen LogP contribution in [-0.4, -0.2) is 69.2 Å². The van der Waals surface area contributed by atoms with Crippen molar-refractivity contribution < 1.29 is 28.6 Å². The largest absolute Gasteiger partial charge is 0.492 e. The molecule has 0 aliphatic carbocycles. The average molecular weight is 540 g/mol. The van der Waals surface area contributed by atoms with Gasteiger partial charge in [0.1, 0.15) is 12.4 Å². The molecular formula is C28H33N3O6S. The lowest BCUT2D eigenvalue weighted by Gasteiger charge is -2.26. The molecule has 9 nitrogen and oxygen atoms in total. The number of Topliss-reactive ketones (excluding diaryl/α,β-unsaturated/α-hetero) is 1. The summed E-state index contributed by atoms with van der Waals surface area (Å²) in [5.74, 6) is -0.869. The highest BCUT2D eigenvalue weighted by molar-refractivity contribution is 7.14. The van der Waals surface area contributed by atoms with Crippen LogP contribution in [0.2, 0.25) is 0 Å². The number of thiophene rings is 1. The minimum absolute atomic E-state index is 0.212. The molecule has 1 saturated heterocycles. The fourth-order valence-corrected chi connectivity index (χ4v) is 5.07. The van der Waals surface area contributed by atoms with E-state index in [1.54, 1.807) is 24.3 Å². The van der Waals surface area contributed by atoms with Gasteiger partial charge in [0.25, 0.3) is 11.7 Å². The number of fused-ring (bicyclic) bond motifs is 1. The zero-order valence-corrected chi connectivity index (χ0v) is 22.9. The van der Waals surface area contributed by atoms with E-state index in [1.165, 1.54) is 18.4 Å². The number of anilines is 1. The number of amides is 2. The van der Waals surface area contributed by atoms with Crippen LogP contribution in [0.3, 0.4) is 0 Å². The first-order valence-corrected chi connectivity index (χ1v) is 13.3. The van der Waals surface area contributed by atoms with Gasteiger partial charge in [0.15, 0.2) is 0 Å². The Balaban J connectivity index is 1.53. The van der Waals surface area contributed by atoms with E-state index >= 15 is 0 Å². The second-order valence-electron chi connectivity index (χ2n) is 9.94. The molecule has 4 rings (SSSR count). The Bertz CT molecular complexity index is 1320. The minimum atomic E-state index is -0.823. The Morgan fingerprint density at radius 1 is 1.05 bits per heavy atom. The third kappa shape index (κ3) is 6.50. The molecule has 0 atom stereocenters. The topological polar surface area (TPSA) is 106 Å². The first kappa shape index (κ1) is 27.6. The number of hydrogen-bond acceptors (Lipinski definition) is 8. The summed E-state index contributed by atoms with van der Waals surface area (Å²) < 4.78 is 16.8. The van der Waals surface area contributed by atoms with Crippen LogP contribution in [0.25, 0.3) is 10.8 Å². The van der Waals surface area contributed by atoms with E-state index in [4.69, 9.17) is 14.2 Å². The van der Waals surface area contributed by atoms with Gasteiger partial charge in [-0.1, -0.05) is 45.0 Å². The van der Waals surface area contributed by atoms with Gasteiger partial charge < -0.3 is 24.8 Å². The van der Waals surface area contributed by atoms with Gasteiger partial charge in [0.2, 0.25) is 5.06 Å². The third-order valence-corrected chi connectivity index (χ3v) is 7.62. The van der Waals surface area contributed by atoms with Crippen LogP contribution >= 0.6 is 11.3 Å². The van der Waals surface area contributed by atoms with Crippen LogP contribution in [0.15, 0.2) is 42.5 Å². The molecule has 0 saturated carbocycles. The maximum atomic E-state index is 13.3. The van der Waals surface area contributed by atoms with Crippen LogP contribution in [0.1, 0.15) is 36.0 Å². The van der Waals surface area contributed by atoms with E-state index in [2.05, 4.69) is 15.5 Å². The normalized spacial score (nSPS) is 14.2. The molecular weight excluding hydrogens is 506 g/mol. The predicted octanol–water partition coefficient (Wildman–Crippen LogP) is 4.45. The standard InChI is InChI=1S/C28H33N3O6S/c1-28(2,3)23-17-21(26(38-23)37-27(34)29-4)30-25(33)24(32)20-9-10-22(19-8-6-5-7-18(19)20)36-16-13-31-11-14-35-15-12-31/h5-10,17H,11-16H2,1-4H3,(H,29,34)(H,30,33). The van der Waals surface area contributed by atoms with Crippen molar-refractivity contribution in [3.8, 4) is 10.8 Å². The van der Waals surface area contributed by atoms with E-state index in [0.29, 0.717) is 17.7 Å². The second kappa shape index (κ2) is 11.9. The number of carbonyl (C=O) groups is 3. The van der Waals surface area contributed by atoms with Crippen molar-refractivity contribution in [1.82, 2.24) is 10.2 Å². The lowest BCUT2D eigenvalue weighted by molar-refractivity contribution is -0.112. The van der Waals surface area contributed by atoms with Crippen molar-refractivity contribution in [2.24, 2.45) is 0 Å². The number of hydrogen-bond donors (Lipinski definition) is 2. The molecule has 2 heterocycles. The zero-order valence-electron chi connectivity index (χ0n) is 22.1. The number of nitrogens with zero attached hydrogens (tertiary/aromatic N) is 1. The van der Waals surface area contributed by atoms with Crippen LogP contribution < -0.4 is 20.1 Å². The molecule has 1 aromatic heterocycles. The Kier molecular flexibility index (Phi) is 8.65. The third-order valence-electron chi connectivity index (χ3n) is 6.18. The molecule has 0 radical (unpaired) electrons. The summed E-state index contributed by atoms with van der Waals surface area (Å²) in [5.41, 5.74) is 0.291. The van der Waals surface area contributed by atoms with E-state index in [1.807, 2.05) is 39.0 Å². The highest BCUT2D eigenvalue weighted by Gasteiger charge is 2.26. The SMILES string of the molecule is CNC(=O)Oc1sc(C(C)(C)C)cc1NC(=O)C(=O)c1ccc(OCCN2CCOCC2)c2ccccc12. The van der Waals surface area contributed by atoms with Crippen LogP contribution in [0, 0.1) is 0 Å². The fraction of sp³-hybridized carbons (Fsp3) is 0.393. The smallest absolute Gasteiger partial charge is 0.413 e. The van der Waals surface area contributed by atoms with Gasteiger partial charge in [-0.05, 0) is 29.0 Å². The van der Waals surface area contributed by atoms with Crippen LogP contribution in [-0.2, 0) is 14.9 Å². The van der Waals surface area contributed by atoms with E-state index in [-0.39, 0.29) is 21.7 Å². The average Bonchev–Trinajstić information content (AvgIpc) is 3.31. The molecule has 1 aliphatic heterocycles. The monoisotopic (exact) mass is 539 g/mol. The van der Waals surface area contributed by atoms with E-state index in [0.717, 1.165) is 43.1 Å². The van der Waals surface area contributed by atoms with Gasteiger partial charge >= 0.3 is 6.09 Å². The molecule has 1 aliphatic rings. The molecule has 2 amide bonds. The van der Waals surface area contributed by atoms with Crippen LogP contribution in [0.4, 0.5) is 10.5 Å². The van der Waals surface area contributed by atoms with Crippen molar-refractivity contribution in [2.45, 2.75) is 26.2 Å². The van der Waals surface area contributed by atoms with Gasteiger partial charge in [0.05, 0.1) is 18.9 Å². The Hall–Kier alpha value is -3.47. The zero-order chi connectivity index (χ0) is 27.3.